The summed E-state index contributed by atoms with van der Waals surface area (Å²) in [5.74, 6) is -0.114. The van der Waals surface area contributed by atoms with E-state index in [-0.39, 0.29) is 5.52 Å². The average molecular weight is 356 g/mol. The van der Waals surface area contributed by atoms with Crippen molar-refractivity contribution >= 4 is 17.1 Å². The van der Waals surface area contributed by atoms with Gasteiger partial charge in [0.05, 0.1) is 12.4 Å². The number of pyridine rings is 1. The predicted molar refractivity (Wildman–Crippen MR) is 96.7 cm³/mol. The first-order valence-corrected chi connectivity index (χ1v) is 8.01. The molecule has 3 aromatic rings. The van der Waals surface area contributed by atoms with Crippen molar-refractivity contribution < 1.29 is 18.4 Å². The van der Waals surface area contributed by atoms with E-state index in [9.17, 15) is 8.78 Å². The van der Waals surface area contributed by atoms with Gasteiger partial charge in [-0.05, 0) is 24.3 Å². The Kier molecular flexibility index (Phi) is 4.84. The molecule has 0 atom stereocenters. The molecule has 0 aliphatic rings. The highest BCUT2D eigenvalue weighted by atomic mass is 19.1. The topological polar surface area (TPSA) is 43.7 Å². The average Bonchev–Trinajstić information content (AvgIpc) is 2.60. The van der Waals surface area contributed by atoms with Crippen molar-refractivity contribution in [1.82, 2.24) is 4.98 Å². The minimum absolute atomic E-state index is 0.256. The molecule has 1 aromatic heterocycles. The Morgan fingerprint density at radius 3 is 2.58 bits per heavy atom. The molecule has 0 fully saturated rings. The van der Waals surface area contributed by atoms with Gasteiger partial charge in [0.15, 0.2) is 0 Å². The van der Waals surface area contributed by atoms with Crippen molar-refractivity contribution in [2.45, 2.75) is 19.3 Å². The van der Waals surface area contributed by atoms with E-state index in [0.29, 0.717) is 22.4 Å². The molecular weight excluding hydrogens is 338 g/mol. The van der Waals surface area contributed by atoms with E-state index in [0.717, 1.165) is 0 Å². The van der Waals surface area contributed by atoms with Crippen molar-refractivity contribution in [1.29, 1.82) is 0 Å². The fourth-order valence-electron chi connectivity index (χ4n) is 2.75. The number of oxime groups is 1. The molecule has 0 bridgehead atoms. The number of aromatic nitrogens is 1. The van der Waals surface area contributed by atoms with Crippen LogP contribution in [-0.2, 0) is 10.3 Å². The standard InChI is InChI=1S/C20H18F2N2O2/c1-20(2,12-24-25-3)18-15(21)7-5-9-17(18)26-14-10-13-6-4-8-16(22)19(13)23-11-14/h4-12H,1-3H3. The zero-order chi connectivity index (χ0) is 18.7. The maximum atomic E-state index is 14.5. The molecule has 0 aliphatic heterocycles. The van der Waals surface area contributed by atoms with Crippen LogP contribution in [0, 0.1) is 11.6 Å². The molecule has 0 radical (unpaired) electrons. The van der Waals surface area contributed by atoms with Gasteiger partial charge >= 0.3 is 0 Å². The molecule has 2 aromatic carbocycles. The third-order valence-corrected chi connectivity index (χ3v) is 3.97. The minimum Gasteiger partial charge on any atom is -0.455 e. The van der Waals surface area contributed by atoms with Crippen molar-refractivity contribution in [2.75, 3.05) is 7.11 Å². The van der Waals surface area contributed by atoms with Crippen LogP contribution < -0.4 is 4.74 Å². The lowest BCUT2D eigenvalue weighted by molar-refractivity contribution is 0.213. The van der Waals surface area contributed by atoms with Gasteiger partial charge in [-0.25, -0.2) is 13.8 Å². The number of nitrogens with zero attached hydrogens (tertiary/aromatic N) is 2. The van der Waals surface area contributed by atoms with E-state index in [2.05, 4.69) is 10.1 Å². The summed E-state index contributed by atoms with van der Waals surface area (Å²) in [5.41, 5.74) is -0.181. The SMILES string of the molecule is CON=CC(C)(C)c1c(F)cccc1Oc1cnc2c(F)cccc2c1. The Morgan fingerprint density at radius 2 is 1.81 bits per heavy atom. The van der Waals surface area contributed by atoms with E-state index in [4.69, 9.17) is 9.57 Å². The molecule has 0 saturated heterocycles. The Labute approximate surface area is 150 Å². The van der Waals surface area contributed by atoms with Gasteiger partial charge in [-0.2, -0.15) is 0 Å². The molecule has 0 N–H and O–H groups in total. The summed E-state index contributed by atoms with van der Waals surface area (Å²) in [4.78, 5) is 8.82. The van der Waals surface area contributed by atoms with Gasteiger partial charge in [0.2, 0.25) is 0 Å². The maximum absolute atomic E-state index is 14.5. The molecule has 1 heterocycles. The number of halogens is 2. The molecular formula is C20H18F2N2O2. The first-order valence-electron chi connectivity index (χ1n) is 8.01. The van der Waals surface area contributed by atoms with Gasteiger partial charge in [-0.1, -0.05) is 37.2 Å². The molecule has 0 amide bonds. The number of hydrogen-bond acceptors (Lipinski definition) is 4. The zero-order valence-corrected chi connectivity index (χ0v) is 14.7. The fraction of sp³-hybridized carbons (Fsp3) is 0.200. The Hall–Kier alpha value is -3.02. The summed E-state index contributed by atoms with van der Waals surface area (Å²) in [6.07, 6.45) is 2.92. The van der Waals surface area contributed by atoms with Gasteiger partial charge in [0.1, 0.15) is 35.8 Å². The first kappa shape index (κ1) is 17.8. The highest BCUT2D eigenvalue weighted by molar-refractivity contribution is 5.80. The van der Waals surface area contributed by atoms with Gasteiger partial charge in [0.25, 0.3) is 0 Å². The van der Waals surface area contributed by atoms with Crippen LogP contribution in [0.3, 0.4) is 0 Å². The van der Waals surface area contributed by atoms with E-state index in [1.54, 1.807) is 44.2 Å². The van der Waals surface area contributed by atoms with Crippen LogP contribution in [0.15, 0.2) is 53.8 Å². The van der Waals surface area contributed by atoms with Crippen LogP contribution in [0.4, 0.5) is 8.78 Å². The summed E-state index contributed by atoms with van der Waals surface area (Å²) in [5, 5.41) is 4.36. The molecule has 4 nitrogen and oxygen atoms in total. The molecule has 0 unspecified atom stereocenters. The van der Waals surface area contributed by atoms with Crippen LogP contribution in [0.25, 0.3) is 10.9 Å². The van der Waals surface area contributed by atoms with E-state index >= 15 is 0 Å². The summed E-state index contributed by atoms with van der Waals surface area (Å²) in [7, 11) is 1.42. The molecule has 6 heteroatoms. The smallest absolute Gasteiger partial charge is 0.149 e. The number of benzene rings is 2. The maximum Gasteiger partial charge on any atom is 0.149 e. The van der Waals surface area contributed by atoms with E-state index < -0.39 is 17.0 Å². The number of hydrogen-bond donors (Lipinski definition) is 0. The van der Waals surface area contributed by atoms with Gasteiger partial charge < -0.3 is 9.57 Å². The van der Waals surface area contributed by atoms with Crippen LogP contribution in [0.2, 0.25) is 0 Å². The number of rotatable bonds is 5. The Balaban J connectivity index is 2.03. The van der Waals surface area contributed by atoms with Gasteiger partial charge in [0, 0.05) is 16.4 Å². The Bertz CT molecular complexity index is 971. The van der Waals surface area contributed by atoms with Crippen molar-refractivity contribution in [2.24, 2.45) is 5.16 Å². The molecule has 0 saturated carbocycles. The molecule has 0 spiro atoms. The van der Waals surface area contributed by atoms with Crippen LogP contribution in [0.1, 0.15) is 19.4 Å². The second kappa shape index (κ2) is 7.07. The third-order valence-electron chi connectivity index (χ3n) is 3.97. The van der Waals surface area contributed by atoms with Crippen molar-refractivity contribution in [3.8, 4) is 11.5 Å². The zero-order valence-electron chi connectivity index (χ0n) is 14.7. The highest BCUT2D eigenvalue weighted by Gasteiger charge is 2.27. The number of fused-ring (bicyclic) bond motifs is 1. The van der Waals surface area contributed by atoms with E-state index in [1.807, 2.05) is 0 Å². The third kappa shape index (κ3) is 3.49. The quantitative estimate of drug-likeness (QED) is 0.465. The fourth-order valence-corrected chi connectivity index (χ4v) is 2.75. The van der Waals surface area contributed by atoms with Crippen LogP contribution >= 0.6 is 0 Å². The number of para-hydroxylation sites is 1. The predicted octanol–water partition coefficient (Wildman–Crippen LogP) is 5.22. The number of ether oxygens (including phenoxy) is 1. The lowest BCUT2D eigenvalue weighted by Crippen LogP contribution is -2.22. The minimum atomic E-state index is -0.771. The lowest BCUT2D eigenvalue weighted by atomic mass is 9.85. The second-order valence-electron chi connectivity index (χ2n) is 6.34. The van der Waals surface area contributed by atoms with Crippen LogP contribution in [0.5, 0.6) is 11.5 Å². The van der Waals surface area contributed by atoms with Crippen molar-refractivity contribution in [3.63, 3.8) is 0 Å². The van der Waals surface area contributed by atoms with Gasteiger partial charge in [-0.3, -0.25) is 0 Å². The molecule has 0 aliphatic carbocycles. The summed E-state index contributed by atoms with van der Waals surface area (Å²) in [6.45, 7) is 3.60. The second-order valence-corrected chi connectivity index (χ2v) is 6.34. The molecule has 26 heavy (non-hydrogen) atoms. The summed E-state index contributed by atoms with van der Waals surface area (Å²) in [6, 6.07) is 10.9. The normalized spacial score (nSPS) is 11.9. The first-order chi connectivity index (χ1) is 12.4. The molecule has 3 rings (SSSR count). The van der Waals surface area contributed by atoms with Crippen LogP contribution in [-0.4, -0.2) is 18.3 Å². The monoisotopic (exact) mass is 356 g/mol. The summed E-state index contributed by atoms with van der Waals surface area (Å²) >= 11 is 0. The van der Waals surface area contributed by atoms with E-state index in [1.165, 1.54) is 31.7 Å². The highest BCUT2D eigenvalue weighted by Crippen LogP contribution is 2.36. The Morgan fingerprint density at radius 1 is 1.08 bits per heavy atom. The summed E-state index contributed by atoms with van der Waals surface area (Å²) < 4.78 is 34.2. The molecule has 134 valence electrons. The largest absolute Gasteiger partial charge is 0.455 e. The van der Waals surface area contributed by atoms with Gasteiger partial charge in [-0.15, -0.1) is 0 Å². The lowest BCUT2D eigenvalue weighted by Gasteiger charge is -2.23. The van der Waals surface area contributed by atoms with Crippen molar-refractivity contribution in [3.05, 3.63) is 65.9 Å².